The van der Waals surface area contributed by atoms with Crippen molar-refractivity contribution in [3.05, 3.63) is 69.2 Å². The third kappa shape index (κ3) is 2.03. The van der Waals surface area contributed by atoms with E-state index in [-0.39, 0.29) is 6.04 Å². The van der Waals surface area contributed by atoms with Crippen molar-refractivity contribution in [2.24, 2.45) is 0 Å². The number of hydrogen-bond donors (Lipinski definition) is 1. The van der Waals surface area contributed by atoms with Crippen molar-refractivity contribution >= 4 is 23.2 Å². The van der Waals surface area contributed by atoms with Crippen LogP contribution in [0, 0.1) is 0 Å². The third-order valence-corrected chi connectivity index (χ3v) is 4.21. The average molecular weight is 278 g/mol. The Morgan fingerprint density at radius 2 is 1.78 bits per heavy atom. The van der Waals surface area contributed by atoms with Crippen LogP contribution in [0.1, 0.15) is 22.7 Å². The van der Waals surface area contributed by atoms with Crippen LogP contribution in [0.3, 0.4) is 0 Å². The van der Waals surface area contributed by atoms with Crippen LogP contribution < -0.4 is 5.32 Å². The van der Waals surface area contributed by atoms with E-state index in [2.05, 4.69) is 23.5 Å². The Labute approximate surface area is 117 Å². The van der Waals surface area contributed by atoms with Gasteiger partial charge >= 0.3 is 0 Å². The maximum Gasteiger partial charge on any atom is 0.0646 e. The fourth-order valence-corrected chi connectivity index (χ4v) is 2.98. The summed E-state index contributed by atoms with van der Waals surface area (Å²) in [7, 11) is 0. The molecular formula is C15H13Cl2N. The molecular weight excluding hydrogens is 265 g/mol. The monoisotopic (exact) mass is 277 g/mol. The van der Waals surface area contributed by atoms with E-state index in [0.717, 1.165) is 18.5 Å². The van der Waals surface area contributed by atoms with Crippen molar-refractivity contribution in [2.75, 3.05) is 6.54 Å². The number of rotatable bonds is 1. The van der Waals surface area contributed by atoms with Gasteiger partial charge < -0.3 is 5.32 Å². The molecule has 0 saturated carbocycles. The molecule has 0 radical (unpaired) electrons. The molecule has 2 aromatic rings. The van der Waals surface area contributed by atoms with E-state index in [1.165, 1.54) is 11.1 Å². The minimum Gasteiger partial charge on any atom is -0.306 e. The zero-order valence-corrected chi connectivity index (χ0v) is 11.3. The minimum absolute atomic E-state index is 0.140. The highest BCUT2D eigenvalue weighted by Crippen LogP contribution is 2.37. The van der Waals surface area contributed by atoms with Crippen LogP contribution in [0.2, 0.25) is 10.0 Å². The first kappa shape index (κ1) is 12.0. The Morgan fingerprint density at radius 1 is 1.00 bits per heavy atom. The van der Waals surface area contributed by atoms with Crippen molar-refractivity contribution in [1.29, 1.82) is 0 Å². The van der Waals surface area contributed by atoms with Gasteiger partial charge in [0.2, 0.25) is 0 Å². The van der Waals surface area contributed by atoms with Crippen LogP contribution in [-0.4, -0.2) is 6.54 Å². The largest absolute Gasteiger partial charge is 0.306 e. The molecule has 2 aromatic carbocycles. The van der Waals surface area contributed by atoms with E-state index >= 15 is 0 Å². The lowest BCUT2D eigenvalue weighted by Crippen LogP contribution is -2.30. The van der Waals surface area contributed by atoms with Crippen molar-refractivity contribution in [3.63, 3.8) is 0 Å². The predicted octanol–water partition coefficient (Wildman–Crippen LogP) is 4.23. The lowest BCUT2D eigenvalue weighted by atomic mass is 9.90. The van der Waals surface area contributed by atoms with Crippen LogP contribution in [-0.2, 0) is 6.42 Å². The first-order valence-corrected chi connectivity index (χ1v) is 6.78. The molecule has 3 heteroatoms. The summed E-state index contributed by atoms with van der Waals surface area (Å²) in [4.78, 5) is 0. The number of hydrogen-bond acceptors (Lipinski definition) is 1. The fraction of sp³-hybridized carbons (Fsp3) is 0.200. The first-order chi connectivity index (χ1) is 8.77. The molecule has 1 N–H and O–H groups in total. The summed E-state index contributed by atoms with van der Waals surface area (Å²) < 4.78 is 0. The SMILES string of the molecule is Clc1ccc2c(c1Cl)[C@H](c1ccccc1)NCC2. The van der Waals surface area contributed by atoms with Crippen LogP contribution >= 0.6 is 23.2 Å². The maximum atomic E-state index is 6.38. The predicted molar refractivity (Wildman–Crippen MR) is 76.5 cm³/mol. The third-order valence-electron chi connectivity index (χ3n) is 3.39. The number of benzene rings is 2. The highest BCUT2D eigenvalue weighted by molar-refractivity contribution is 6.42. The standard InChI is InChI=1S/C15H13Cl2N/c16-12-7-6-10-8-9-18-15(13(10)14(12)17)11-4-2-1-3-5-11/h1-7,15,18H,8-9H2/t15-/m0/s1. The van der Waals surface area contributed by atoms with Gasteiger partial charge in [-0.3, -0.25) is 0 Å². The molecule has 1 aliphatic rings. The fourth-order valence-electron chi connectivity index (χ4n) is 2.52. The van der Waals surface area contributed by atoms with Gasteiger partial charge in [-0.1, -0.05) is 59.6 Å². The summed E-state index contributed by atoms with van der Waals surface area (Å²) >= 11 is 12.5. The van der Waals surface area contributed by atoms with Gasteiger partial charge in [-0.2, -0.15) is 0 Å². The molecule has 18 heavy (non-hydrogen) atoms. The van der Waals surface area contributed by atoms with Crippen LogP contribution in [0.15, 0.2) is 42.5 Å². The molecule has 0 spiro atoms. The van der Waals surface area contributed by atoms with E-state index < -0.39 is 0 Å². The Bertz CT molecular complexity index is 566. The second-order valence-corrected chi connectivity index (χ2v) is 5.27. The molecule has 0 amide bonds. The molecule has 0 aromatic heterocycles. The first-order valence-electron chi connectivity index (χ1n) is 6.02. The molecule has 1 aliphatic heterocycles. The second-order valence-electron chi connectivity index (χ2n) is 4.48. The van der Waals surface area contributed by atoms with Crippen molar-refractivity contribution in [3.8, 4) is 0 Å². The number of nitrogens with one attached hydrogen (secondary N) is 1. The van der Waals surface area contributed by atoms with Gasteiger partial charge in [-0.05, 0) is 29.2 Å². The van der Waals surface area contributed by atoms with Gasteiger partial charge in [0.1, 0.15) is 0 Å². The Balaban J connectivity index is 2.15. The summed E-state index contributed by atoms with van der Waals surface area (Å²) in [5, 5.41) is 4.82. The normalized spacial score (nSPS) is 18.4. The lowest BCUT2D eigenvalue weighted by Gasteiger charge is -2.28. The summed E-state index contributed by atoms with van der Waals surface area (Å²) in [5.74, 6) is 0. The summed E-state index contributed by atoms with van der Waals surface area (Å²) in [6, 6.07) is 14.5. The van der Waals surface area contributed by atoms with E-state index in [0.29, 0.717) is 10.0 Å². The van der Waals surface area contributed by atoms with Crippen molar-refractivity contribution < 1.29 is 0 Å². The Hall–Kier alpha value is -1.02. The van der Waals surface area contributed by atoms with Gasteiger partial charge in [0, 0.05) is 6.54 Å². The van der Waals surface area contributed by atoms with Crippen molar-refractivity contribution in [2.45, 2.75) is 12.5 Å². The van der Waals surface area contributed by atoms with Gasteiger partial charge in [-0.25, -0.2) is 0 Å². The Morgan fingerprint density at radius 3 is 2.56 bits per heavy atom. The van der Waals surface area contributed by atoms with Crippen LogP contribution in [0.4, 0.5) is 0 Å². The second kappa shape index (κ2) is 4.93. The highest BCUT2D eigenvalue weighted by atomic mass is 35.5. The molecule has 0 saturated heterocycles. The highest BCUT2D eigenvalue weighted by Gasteiger charge is 2.24. The Kier molecular flexibility index (Phi) is 3.29. The molecule has 1 nitrogen and oxygen atoms in total. The van der Waals surface area contributed by atoms with Gasteiger partial charge in [0.15, 0.2) is 0 Å². The van der Waals surface area contributed by atoms with Crippen LogP contribution in [0.25, 0.3) is 0 Å². The zero-order valence-electron chi connectivity index (χ0n) is 9.79. The quantitative estimate of drug-likeness (QED) is 0.823. The van der Waals surface area contributed by atoms with Gasteiger partial charge in [-0.15, -0.1) is 0 Å². The van der Waals surface area contributed by atoms with Gasteiger partial charge in [0.05, 0.1) is 16.1 Å². The van der Waals surface area contributed by atoms with Crippen LogP contribution in [0.5, 0.6) is 0 Å². The maximum absolute atomic E-state index is 6.38. The van der Waals surface area contributed by atoms with Gasteiger partial charge in [0.25, 0.3) is 0 Å². The zero-order chi connectivity index (χ0) is 12.5. The molecule has 0 aliphatic carbocycles. The molecule has 3 rings (SSSR count). The number of halogens is 2. The molecule has 1 heterocycles. The topological polar surface area (TPSA) is 12.0 Å². The molecule has 0 bridgehead atoms. The molecule has 1 atom stereocenters. The summed E-state index contributed by atoms with van der Waals surface area (Å²) in [5.41, 5.74) is 3.64. The van der Waals surface area contributed by atoms with E-state index in [9.17, 15) is 0 Å². The van der Waals surface area contributed by atoms with E-state index in [1.54, 1.807) is 0 Å². The van der Waals surface area contributed by atoms with E-state index in [4.69, 9.17) is 23.2 Å². The number of fused-ring (bicyclic) bond motifs is 1. The average Bonchev–Trinajstić information content (AvgIpc) is 2.43. The molecule has 92 valence electrons. The van der Waals surface area contributed by atoms with E-state index in [1.807, 2.05) is 24.3 Å². The summed E-state index contributed by atoms with van der Waals surface area (Å²) in [6.45, 7) is 0.963. The molecule has 0 unspecified atom stereocenters. The van der Waals surface area contributed by atoms with Crippen molar-refractivity contribution in [1.82, 2.24) is 5.32 Å². The lowest BCUT2D eigenvalue weighted by molar-refractivity contribution is 0.568. The smallest absolute Gasteiger partial charge is 0.0646 e. The molecule has 0 fully saturated rings. The summed E-state index contributed by atoms with van der Waals surface area (Å²) in [6.07, 6.45) is 0.996. The minimum atomic E-state index is 0.140.